The molecule has 10 rings (SSSR count). The van der Waals surface area contributed by atoms with Crippen molar-refractivity contribution in [3.05, 3.63) is 205 Å². The van der Waals surface area contributed by atoms with Crippen LogP contribution in [0.1, 0.15) is 11.5 Å². The standard InChI is InChI=1S/C48H34N2S/c1-3-14-33(15-4-1)38-18-7-8-19-39(38)34-26-28-36(29-27-34)49(45-24-13-22-43-42-21-10-12-25-47(42)51-48(43)45)37-30-31-41-40-20-9-11-23-44(40)50(46(41)32-37)35-16-5-2-6-17-35/h1-32,43,48H. The van der Waals surface area contributed by atoms with E-state index < -0.39 is 0 Å². The summed E-state index contributed by atoms with van der Waals surface area (Å²) in [5.41, 5.74) is 13.5. The van der Waals surface area contributed by atoms with E-state index in [1.54, 1.807) is 0 Å². The third-order valence-electron chi connectivity index (χ3n) is 10.4. The second-order valence-corrected chi connectivity index (χ2v) is 14.4. The minimum Gasteiger partial charge on any atom is -0.313 e. The van der Waals surface area contributed by atoms with Crippen LogP contribution >= 0.6 is 11.8 Å². The lowest BCUT2D eigenvalue weighted by atomic mass is 9.89. The molecule has 0 amide bonds. The van der Waals surface area contributed by atoms with Crippen molar-refractivity contribution < 1.29 is 0 Å². The Morgan fingerprint density at radius 1 is 0.510 bits per heavy atom. The Morgan fingerprint density at radius 3 is 1.94 bits per heavy atom. The summed E-state index contributed by atoms with van der Waals surface area (Å²) in [6.07, 6.45) is 6.97. The molecule has 8 aromatic rings. The second-order valence-electron chi connectivity index (χ2n) is 13.3. The summed E-state index contributed by atoms with van der Waals surface area (Å²) < 4.78 is 2.41. The molecule has 0 fully saturated rings. The van der Waals surface area contributed by atoms with Crippen LogP contribution in [0.3, 0.4) is 0 Å². The van der Waals surface area contributed by atoms with Crippen molar-refractivity contribution in [1.29, 1.82) is 0 Å². The molecule has 0 saturated carbocycles. The van der Waals surface area contributed by atoms with Crippen LogP contribution in [-0.4, -0.2) is 9.82 Å². The lowest BCUT2D eigenvalue weighted by Gasteiger charge is -2.34. The lowest BCUT2D eigenvalue weighted by molar-refractivity contribution is 0.823. The predicted molar refractivity (Wildman–Crippen MR) is 216 cm³/mol. The highest BCUT2D eigenvalue weighted by molar-refractivity contribution is 8.00. The van der Waals surface area contributed by atoms with Gasteiger partial charge in [0.25, 0.3) is 0 Å². The summed E-state index contributed by atoms with van der Waals surface area (Å²) >= 11 is 1.99. The first-order chi connectivity index (χ1) is 25.3. The van der Waals surface area contributed by atoms with Crippen molar-refractivity contribution in [1.82, 2.24) is 4.57 Å². The van der Waals surface area contributed by atoms with E-state index in [9.17, 15) is 0 Å². The van der Waals surface area contributed by atoms with Gasteiger partial charge in [-0.2, -0.15) is 0 Å². The van der Waals surface area contributed by atoms with E-state index in [0.717, 1.165) is 17.1 Å². The zero-order valence-electron chi connectivity index (χ0n) is 27.9. The van der Waals surface area contributed by atoms with E-state index in [4.69, 9.17) is 0 Å². The van der Waals surface area contributed by atoms with Crippen LogP contribution in [0.5, 0.6) is 0 Å². The van der Waals surface area contributed by atoms with Crippen LogP contribution in [-0.2, 0) is 0 Å². The summed E-state index contributed by atoms with van der Waals surface area (Å²) in [5.74, 6) is 0.324. The number of anilines is 2. The first-order valence-corrected chi connectivity index (χ1v) is 18.5. The predicted octanol–water partition coefficient (Wildman–Crippen LogP) is 13.0. The Morgan fingerprint density at radius 2 is 1.14 bits per heavy atom. The summed E-state index contributed by atoms with van der Waals surface area (Å²) in [6.45, 7) is 0. The van der Waals surface area contributed by atoms with Crippen molar-refractivity contribution in [2.24, 2.45) is 0 Å². The smallest absolute Gasteiger partial charge is 0.0604 e. The first kappa shape index (κ1) is 29.8. The maximum absolute atomic E-state index is 2.50. The molecule has 0 bridgehead atoms. The molecule has 0 N–H and O–H groups in total. The van der Waals surface area contributed by atoms with Gasteiger partial charge in [-0.1, -0.05) is 140 Å². The molecule has 2 nitrogen and oxygen atoms in total. The van der Waals surface area contributed by atoms with Gasteiger partial charge in [0.05, 0.1) is 16.3 Å². The van der Waals surface area contributed by atoms with E-state index in [0.29, 0.717) is 5.92 Å². The third-order valence-corrected chi connectivity index (χ3v) is 11.8. The van der Waals surface area contributed by atoms with Gasteiger partial charge in [-0.15, -0.1) is 11.8 Å². The van der Waals surface area contributed by atoms with Crippen molar-refractivity contribution >= 4 is 44.9 Å². The Kier molecular flexibility index (Phi) is 7.25. The molecule has 2 atom stereocenters. The van der Waals surface area contributed by atoms with Crippen LogP contribution in [0.15, 0.2) is 205 Å². The number of nitrogens with zero attached hydrogens (tertiary/aromatic N) is 2. The van der Waals surface area contributed by atoms with Crippen LogP contribution in [0, 0.1) is 0 Å². The number of aromatic nitrogens is 1. The van der Waals surface area contributed by atoms with Gasteiger partial charge < -0.3 is 9.47 Å². The Labute approximate surface area is 302 Å². The average molecular weight is 671 g/mol. The number of fused-ring (bicyclic) bond motifs is 6. The molecule has 51 heavy (non-hydrogen) atoms. The molecule has 0 spiro atoms. The number of thioether (sulfide) groups is 1. The zero-order chi connectivity index (χ0) is 33.7. The largest absolute Gasteiger partial charge is 0.313 e. The molecular formula is C48H34N2S. The number of hydrogen-bond donors (Lipinski definition) is 0. The van der Waals surface area contributed by atoms with Gasteiger partial charge in [0.15, 0.2) is 0 Å². The maximum Gasteiger partial charge on any atom is 0.0604 e. The number of para-hydroxylation sites is 2. The number of hydrogen-bond acceptors (Lipinski definition) is 2. The molecular weight excluding hydrogens is 637 g/mol. The molecule has 242 valence electrons. The van der Waals surface area contributed by atoms with E-state index in [2.05, 4.69) is 204 Å². The first-order valence-electron chi connectivity index (χ1n) is 17.6. The maximum atomic E-state index is 2.50. The van der Waals surface area contributed by atoms with Crippen LogP contribution in [0.2, 0.25) is 0 Å². The summed E-state index contributed by atoms with van der Waals surface area (Å²) in [4.78, 5) is 3.87. The quantitative estimate of drug-likeness (QED) is 0.174. The number of allylic oxidation sites excluding steroid dienone is 3. The van der Waals surface area contributed by atoms with Gasteiger partial charge in [-0.05, 0) is 82.4 Å². The van der Waals surface area contributed by atoms with E-state index in [-0.39, 0.29) is 5.25 Å². The molecule has 0 saturated heterocycles. The van der Waals surface area contributed by atoms with E-state index >= 15 is 0 Å². The van der Waals surface area contributed by atoms with E-state index in [1.165, 1.54) is 60.2 Å². The van der Waals surface area contributed by atoms with Crippen molar-refractivity contribution in [2.75, 3.05) is 4.90 Å². The van der Waals surface area contributed by atoms with Crippen molar-refractivity contribution in [3.63, 3.8) is 0 Å². The molecule has 3 heteroatoms. The molecule has 7 aromatic carbocycles. The topological polar surface area (TPSA) is 8.17 Å². The molecule has 1 aromatic heterocycles. The SMILES string of the molecule is C1=CC2c3ccccc3SC2C(N(c2ccc(-c3ccccc3-c3ccccc3)cc2)c2ccc3c4ccccc4n(-c4ccccc4)c3c2)=C1. The molecule has 1 aliphatic heterocycles. The monoisotopic (exact) mass is 670 g/mol. The normalized spacial score (nSPS) is 16.2. The van der Waals surface area contributed by atoms with E-state index in [1.807, 2.05) is 11.8 Å². The van der Waals surface area contributed by atoms with Crippen molar-refractivity contribution in [2.45, 2.75) is 16.1 Å². The number of benzene rings is 7. The highest BCUT2D eigenvalue weighted by Crippen LogP contribution is 2.53. The summed E-state index contributed by atoms with van der Waals surface area (Å²) in [6, 6.07) is 64.0. The zero-order valence-corrected chi connectivity index (χ0v) is 28.7. The Bertz CT molecular complexity index is 2620. The average Bonchev–Trinajstić information content (AvgIpc) is 3.75. The highest BCUT2D eigenvalue weighted by atomic mass is 32.2. The molecule has 1 aliphatic carbocycles. The third kappa shape index (κ3) is 5.04. The minimum absolute atomic E-state index is 0.265. The van der Waals surface area contributed by atoms with Crippen LogP contribution < -0.4 is 4.90 Å². The van der Waals surface area contributed by atoms with Crippen molar-refractivity contribution in [3.8, 4) is 27.9 Å². The fourth-order valence-electron chi connectivity index (χ4n) is 8.05. The van der Waals surface area contributed by atoms with Gasteiger partial charge in [-0.3, -0.25) is 0 Å². The summed E-state index contributed by atoms with van der Waals surface area (Å²) in [7, 11) is 0. The van der Waals surface area contributed by atoms with Gasteiger partial charge >= 0.3 is 0 Å². The fraction of sp³-hybridized carbons (Fsp3) is 0.0417. The van der Waals surface area contributed by atoms with Gasteiger partial charge in [-0.25, -0.2) is 0 Å². The Balaban J connectivity index is 1.14. The number of rotatable bonds is 6. The molecule has 2 heterocycles. The fourth-order valence-corrected chi connectivity index (χ4v) is 9.51. The Hall–Kier alpha value is -6.03. The lowest BCUT2D eigenvalue weighted by Crippen LogP contribution is -2.27. The van der Waals surface area contributed by atoms with Crippen LogP contribution in [0.25, 0.3) is 49.7 Å². The van der Waals surface area contributed by atoms with Gasteiger partial charge in [0, 0.05) is 44.3 Å². The summed E-state index contributed by atoms with van der Waals surface area (Å²) in [5, 5.41) is 2.78. The second kappa shape index (κ2) is 12.4. The van der Waals surface area contributed by atoms with Gasteiger partial charge in [0.1, 0.15) is 0 Å². The van der Waals surface area contributed by atoms with Gasteiger partial charge in [0.2, 0.25) is 0 Å². The molecule has 2 unspecified atom stereocenters. The van der Waals surface area contributed by atoms with Crippen LogP contribution in [0.4, 0.5) is 11.4 Å². The molecule has 0 radical (unpaired) electrons. The highest BCUT2D eigenvalue weighted by Gasteiger charge is 2.38. The minimum atomic E-state index is 0.265. The molecule has 2 aliphatic rings.